The van der Waals surface area contributed by atoms with Crippen molar-refractivity contribution >= 4 is 27.3 Å². The van der Waals surface area contributed by atoms with Crippen LogP contribution >= 0.6 is 27.3 Å². The van der Waals surface area contributed by atoms with Crippen LogP contribution in [0.2, 0.25) is 0 Å². The number of pyridine rings is 1. The zero-order chi connectivity index (χ0) is 13.1. The van der Waals surface area contributed by atoms with Crippen molar-refractivity contribution < 1.29 is 0 Å². The highest BCUT2D eigenvalue weighted by molar-refractivity contribution is 9.10. The molecule has 1 N–H and O–H groups in total. The van der Waals surface area contributed by atoms with Gasteiger partial charge >= 0.3 is 0 Å². The molecule has 0 atom stereocenters. The predicted octanol–water partition coefficient (Wildman–Crippen LogP) is 3.05. The molecule has 100 valence electrons. The molecule has 2 aromatic heterocycles. The van der Waals surface area contributed by atoms with Gasteiger partial charge in [0.05, 0.1) is 0 Å². The van der Waals surface area contributed by atoms with Crippen molar-refractivity contribution in [3.05, 3.63) is 27.9 Å². The largest absolute Gasteiger partial charge is 0.314 e. The summed E-state index contributed by atoms with van der Waals surface area (Å²) < 4.78 is 0.968. The van der Waals surface area contributed by atoms with Gasteiger partial charge in [-0.15, -0.1) is 10.2 Å². The van der Waals surface area contributed by atoms with Crippen molar-refractivity contribution in [1.82, 2.24) is 20.5 Å². The lowest BCUT2D eigenvalue weighted by molar-refractivity contribution is 0.643. The third kappa shape index (κ3) is 3.81. The molecule has 6 heteroatoms. The summed E-state index contributed by atoms with van der Waals surface area (Å²) in [5.74, 6) is 0. The molecule has 0 unspecified atom stereocenters. The van der Waals surface area contributed by atoms with E-state index in [9.17, 15) is 0 Å². The Morgan fingerprint density at radius 3 is 3.00 bits per heavy atom. The first-order valence-electron chi connectivity index (χ1n) is 6.48. The van der Waals surface area contributed by atoms with Crippen molar-refractivity contribution in [1.29, 1.82) is 0 Å². The van der Waals surface area contributed by atoms with Gasteiger partial charge in [0.2, 0.25) is 0 Å². The Hall–Kier alpha value is -0.850. The Labute approximate surface area is 124 Å². The summed E-state index contributed by atoms with van der Waals surface area (Å²) in [7, 11) is 0. The summed E-state index contributed by atoms with van der Waals surface area (Å²) in [5.41, 5.74) is 1.02. The Bertz CT molecular complexity index is 553. The van der Waals surface area contributed by atoms with Crippen molar-refractivity contribution in [3.63, 3.8) is 0 Å². The second-order valence-corrected chi connectivity index (χ2v) is 6.70. The van der Waals surface area contributed by atoms with Crippen LogP contribution in [0.1, 0.15) is 24.3 Å². The molecule has 0 bridgehead atoms. The highest BCUT2D eigenvalue weighted by atomic mass is 79.9. The van der Waals surface area contributed by atoms with E-state index in [-0.39, 0.29) is 0 Å². The van der Waals surface area contributed by atoms with E-state index in [0.717, 1.165) is 45.5 Å². The predicted molar refractivity (Wildman–Crippen MR) is 80.2 cm³/mol. The second kappa shape index (κ2) is 6.07. The van der Waals surface area contributed by atoms with Crippen LogP contribution in [-0.2, 0) is 6.42 Å². The van der Waals surface area contributed by atoms with Gasteiger partial charge in [-0.3, -0.25) is 4.98 Å². The van der Waals surface area contributed by atoms with Crippen LogP contribution in [0.5, 0.6) is 0 Å². The zero-order valence-corrected chi connectivity index (χ0v) is 12.9. The van der Waals surface area contributed by atoms with Gasteiger partial charge < -0.3 is 5.32 Å². The third-order valence-corrected chi connectivity index (χ3v) is 4.46. The number of nitrogens with one attached hydrogen (secondary N) is 1. The van der Waals surface area contributed by atoms with Gasteiger partial charge in [-0.2, -0.15) is 0 Å². The summed E-state index contributed by atoms with van der Waals surface area (Å²) in [4.78, 5) is 4.15. The normalized spacial score (nSPS) is 14.8. The van der Waals surface area contributed by atoms with E-state index in [1.807, 2.05) is 12.3 Å². The van der Waals surface area contributed by atoms with Crippen LogP contribution < -0.4 is 5.32 Å². The summed E-state index contributed by atoms with van der Waals surface area (Å²) in [6.45, 7) is 1.08. The first-order chi connectivity index (χ1) is 9.31. The third-order valence-electron chi connectivity index (χ3n) is 3.00. The second-order valence-electron chi connectivity index (χ2n) is 4.72. The topological polar surface area (TPSA) is 50.7 Å². The first kappa shape index (κ1) is 13.1. The first-order valence-corrected chi connectivity index (χ1v) is 8.09. The van der Waals surface area contributed by atoms with Crippen LogP contribution in [-0.4, -0.2) is 27.8 Å². The average molecular weight is 339 g/mol. The van der Waals surface area contributed by atoms with Crippen LogP contribution in [0.3, 0.4) is 0 Å². The van der Waals surface area contributed by atoms with Gasteiger partial charge in [-0.25, -0.2) is 0 Å². The number of halogens is 1. The van der Waals surface area contributed by atoms with Crippen LogP contribution in [0.25, 0.3) is 10.6 Å². The highest BCUT2D eigenvalue weighted by Gasteiger charge is 2.19. The molecule has 1 aliphatic rings. The van der Waals surface area contributed by atoms with Gasteiger partial charge in [0, 0.05) is 34.9 Å². The SMILES string of the molecule is Brc1cncc(-c2nnc(CCCNC3CC3)s2)c1. The molecule has 3 rings (SSSR count). The maximum Gasteiger partial charge on any atom is 0.149 e. The number of nitrogens with zero attached hydrogens (tertiary/aromatic N) is 3. The Morgan fingerprint density at radius 1 is 1.32 bits per heavy atom. The quantitative estimate of drug-likeness (QED) is 0.822. The standard InChI is InChI=1S/C13H15BrN4S/c14-10-6-9(7-15-8-10)13-18-17-12(19-13)2-1-5-16-11-3-4-11/h6-8,11,16H,1-5H2. The summed E-state index contributed by atoms with van der Waals surface area (Å²) in [6, 6.07) is 2.81. The van der Waals surface area contributed by atoms with Crippen LogP contribution in [0, 0.1) is 0 Å². The summed E-state index contributed by atoms with van der Waals surface area (Å²) in [5, 5.41) is 14.1. The number of hydrogen-bond acceptors (Lipinski definition) is 5. The molecule has 1 aliphatic carbocycles. The fourth-order valence-corrected chi connectivity index (χ4v) is 3.06. The molecule has 0 aliphatic heterocycles. The molecule has 0 aromatic carbocycles. The number of aryl methyl sites for hydroxylation is 1. The minimum atomic E-state index is 0.790. The van der Waals surface area contributed by atoms with E-state index in [1.165, 1.54) is 12.8 Å². The van der Waals surface area contributed by atoms with E-state index in [4.69, 9.17) is 0 Å². The highest BCUT2D eigenvalue weighted by Crippen LogP contribution is 2.25. The molecule has 2 heterocycles. The molecule has 2 aromatic rings. The van der Waals surface area contributed by atoms with Crippen LogP contribution in [0.4, 0.5) is 0 Å². The lowest BCUT2D eigenvalue weighted by Gasteiger charge is -1.99. The maximum atomic E-state index is 4.25. The smallest absolute Gasteiger partial charge is 0.149 e. The Balaban J connectivity index is 1.56. The molecule has 0 radical (unpaired) electrons. The number of hydrogen-bond donors (Lipinski definition) is 1. The molecule has 1 saturated carbocycles. The van der Waals surface area contributed by atoms with Gasteiger partial charge in [0.15, 0.2) is 0 Å². The van der Waals surface area contributed by atoms with Gasteiger partial charge in [-0.1, -0.05) is 11.3 Å². The fourth-order valence-electron chi connectivity index (χ4n) is 1.83. The molecule has 0 saturated heterocycles. The molecule has 1 fully saturated rings. The van der Waals surface area contributed by atoms with E-state index in [2.05, 4.69) is 36.4 Å². The van der Waals surface area contributed by atoms with Crippen molar-refractivity contribution in [3.8, 4) is 10.6 Å². The zero-order valence-electron chi connectivity index (χ0n) is 10.5. The minimum Gasteiger partial charge on any atom is -0.314 e. The molecule has 4 nitrogen and oxygen atoms in total. The molecule has 0 spiro atoms. The Morgan fingerprint density at radius 2 is 2.21 bits per heavy atom. The average Bonchev–Trinajstić information content (AvgIpc) is 3.11. The van der Waals surface area contributed by atoms with E-state index >= 15 is 0 Å². The number of rotatable bonds is 6. The molecule has 0 amide bonds. The van der Waals surface area contributed by atoms with Crippen molar-refractivity contribution in [2.24, 2.45) is 0 Å². The van der Waals surface area contributed by atoms with Crippen LogP contribution in [0.15, 0.2) is 22.9 Å². The number of aromatic nitrogens is 3. The molecular formula is C13H15BrN4S. The van der Waals surface area contributed by atoms with E-state index in [0.29, 0.717) is 0 Å². The fraction of sp³-hybridized carbons (Fsp3) is 0.462. The van der Waals surface area contributed by atoms with Gasteiger partial charge in [-0.05, 0) is 47.8 Å². The van der Waals surface area contributed by atoms with Crippen molar-refractivity contribution in [2.45, 2.75) is 31.7 Å². The lowest BCUT2D eigenvalue weighted by Crippen LogP contribution is -2.17. The Kier molecular flexibility index (Phi) is 4.20. The van der Waals surface area contributed by atoms with E-state index in [1.54, 1.807) is 17.5 Å². The molecular weight excluding hydrogens is 324 g/mol. The summed E-state index contributed by atoms with van der Waals surface area (Å²) in [6.07, 6.45) is 8.41. The van der Waals surface area contributed by atoms with Crippen molar-refractivity contribution in [2.75, 3.05) is 6.54 Å². The van der Waals surface area contributed by atoms with Gasteiger partial charge in [0.1, 0.15) is 10.0 Å². The lowest BCUT2D eigenvalue weighted by atomic mass is 10.3. The minimum absolute atomic E-state index is 0.790. The van der Waals surface area contributed by atoms with Gasteiger partial charge in [0.25, 0.3) is 0 Å². The molecule has 19 heavy (non-hydrogen) atoms. The monoisotopic (exact) mass is 338 g/mol. The summed E-state index contributed by atoms with van der Waals surface area (Å²) >= 11 is 5.08. The van der Waals surface area contributed by atoms with E-state index < -0.39 is 0 Å². The maximum absolute atomic E-state index is 4.25.